The number of nitroso groups, excluding NO2 is 1. The predicted molar refractivity (Wildman–Crippen MR) is 79.0 cm³/mol. The van der Waals surface area contributed by atoms with Gasteiger partial charge in [-0.3, -0.25) is 4.79 Å². The highest BCUT2D eigenvalue weighted by molar-refractivity contribution is 5.96. The van der Waals surface area contributed by atoms with Crippen LogP contribution in [-0.4, -0.2) is 12.3 Å². The number of Topliss-reactive ketones (excluding diaryl/α,β-unsaturated/α-hetero) is 1. The first-order valence-corrected chi connectivity index (χ1v) is 6.51. The first kappa shape index (κ1) is 14.1. The van der Waals surface area contributed by atoms with Crippen molar-refractivity contribution < 1.29 is 4.79 Å². The molecule has 1 N–H and O–H groups in total. The molecule has 0 aliphatic carbocycles. The maximum absolute atomic E-state index is 11.9. The molecular formula is C16H16N2O2. The van der Waals surface area contributed by atoms with E-state index in [1.807, 2.05) is 30.3 Å². The summed E-state index contributed by atoms with van der Waals surface area (Å²) in [5.41, 5.74) is 2.14. The first-order valence-electron chi connectivity index (χ1n) is 6.51. The van der Waals surface area contributed by atoms with Crippen molar-refractivity contribution in [2.24, 2.45) is 5.18 Å². The summed E-state index contributed by atoms with van der Waals surface area (Å²) in [7, 11) is 0. The fourth-order valence-electron chi connectivity index (χ4n) is 1.88. The molecule has 0 atom stereocenters. The van der Waals surface area contributed by atoms with Crippen molar-refractivity contribution in [1.29, 1.82) is 0 Å². The number of nitrogens with one attached hydrogen (secondary N) is 1. The third-order valence-electron chi connectivity index (χ3n) is 3.00. The first-order chi connectivity index (χ1) is 9.79. The fraction of sp³-hybridized carbons (Fsp3) is 0.188. The molecule has 4 heteroatoms. The lowest BCUT2D eigenvalue weighted by Crippen LogP contribution is -2.17. The molecule has 20 heavy (non-hydrogen) atoms. The van der Waals surface area contributed by atoms with E-state index >= 15 is 0 Å². The Morgan fingerprint density at radius 3 is 2.35 bits per heavy atom. The molecule has 0 bridgehead atoms. The standard InChI is InChI=1S/C16H16N2O2/c19-16(14-6-8-15(18-20)9-7-14)10-11-17-12-13-4-2-1-3-5-13/h1-9,17H,10-12H2. The highest BCUT2D eigenvalue weighted by Gasteiger charge is 2.05. The molecule has 4 nitrogen and oxygen atoms in total. The lowest BCUT2D eigenvalue weighted by Gasteiger charge is -2.04. The van der Waals surface area contributed by atoms with Gasteiger partial charge in [-0.15, -0.1) is 4.91 Å². The van der Waals surface area contributed by atoms with Crippen molar-refractivity contribution in [2.75, 3.05) is 6.54 Å². The van der Waals surface area contributed by atoms with Crippen LogP contribution in [0.5, 0.6) is 0 Å². The number of hydrogen-bond acceptors (Lipinski definition) is 4. The van der Waals surface area contributed by atoms with Gasteiger partial charge >= 0.3 is 0 Å². The lowest BCUT2D eigenvalue weighted by molar-refractivity contribution is 0.0982. The van der Waals surface area contributed by atoms with Gasteiger partial charge in [-0.2, -0.15) is 0 Å². The molecule has 2 aromatic rings. The van der Waals surface area contributed by atoms with E-state index in [0.29, 0.717) is 24.2 Å². The molecular weight excluding hydrogens is 252 g/mol. The van der Waals surface area contributed by atoms with Crippen LogP contribution in [0.15, 0.2) is 59.8 Å². The number of ketones is 1. The normalized spacial score (nSPS) is 10.2. The van der Waals surface area contributed by atoms with Gasteiger partial charge in [0.05, 0.1) is 0 Å². The van der Waals surface area contributed by atoms with E-state index in [4.69, 9.17) is 0 Å². The van der Waals surface area contributed by atoms with Gasteiger partial charge in [0.25, 0.3) is 0 Å². The Kier molecular flexibility index (Phi) is 5.15. The Balaban J connectivity index is 1.76. The SMILES string of the molecule is O=Nc1ccc(C(=O)CCNCc2ccccc2)cc1. The second-order valence-electron chi connectivity index (χ2n) is 4.47. The number of carbonyl (C=O) groups is 1. The zero-order chi connectivity index (χ0) is 14.2. The van der Waals surface area contributed by atoms with Crippen LogP contribution >= 0.6 is 0 Å². The number of nitrogens with zero attached hydrogens (tertiary/aromatic N) is 1. The van der Waals surface area contributed by atoms with E-state index in [1.165, 1.54) is 5.56 Å². The van der Waals surface area contributed by atoms with Crippen LogP contribution in [0.3, 0.4) is 0 Å². The zero-order valence-corrected chi connectivity index (χ0v) is 11.1. The molecule has 0 spiro atoms. The van der Waals surface area contributed by atoms with E-state index < -0.39 is 0 Å². The van der Waals surface area contributed by atoms with Crippen LogP contribution < -0.4 is 5.32 Å². The van der Waals surface area contributed by atoms with E-state index in [9.17, 15) is 9.70 Å². The molecule has 0 radical (unpaired) electrons. The molecule has 0 saturated carbocycles. The average Bonchev–Trinajstić information content (AvgIpc) is 2.52. The summed E-state index contributed by atoms with van der Waals surface area (Å²) >= 11 is 0. The molecule has 0 saturated heterocycles. The quantitative estimate of drug-likeness (QED) is 0.475. The molecule has 0 aliphatic rings. The summed E-state index contributed by atoms with van der Waals surface area (Å²) < 4.78 is 0. The molecule has 0 unspecified atom stereocenters. The summed E-state index contributed by atoms with van der Waals surface area (Å²) in [4.78, 5) is 22.2. The summed E-state index contributed by atoms with van der Waals surface area (Å²) in [6.07, 6.45) is 0.431. The maximum atomic E-state index is 11.9. The van der Waals surface area contributed by atoms with E-state index in [1.54, 1.807) is 24.3 Å². The van der Waals surface area contributed by atoms with Crippen molar-refractivity contribution in [1.82, 2.24) is 5.32 Å². The Hall–Kier alpha value is -2.33. The Labute approximate surface area is 117 Å². The molecule has 0 fully saturated rings. The topological polar surface area (TPSA) is 58.5 Å². The van der Waals surface area contributed by atoms with Crippen LogP contribution in [0.2, 0.25) is 0 Å². The van der Waals surface area contributed by atoms with Crippen molar-refractivity contribution in [3.05, 3.63) is 70.6 Å². The number of carbonyl (C=O) groups excluding carboxylic acids is 1. The van der Waals surface area contributed by atoms with Crippen LogP contribution in [0.25, 0.3) is 0 Å². The summed E-state index contributed by atoms with van der Waals surface area (Å²) in [6.45, 7) is 1.38. The van der Waals surface area contributed by atoms with E-state index in [2.05, 4.69) is 10.5 Å². The van der Waals surface area contributed by atoms with Crippen molar-refractivity contribution >= 4 is 11.5 Å². The van der Waals surface area contributed by atoms with Crippen LogP contribution in [0.1, 0.15) is 22.3 Å². The largest absolute Gasteiger partial charge is 0.312 e. The van der Waals surface area contributed by atoms with Gasteiger partial charge in [0, 0.05) is 25.1 Å². The summed E-state index contributed by atoms with van der Waals surface area (Å²) in [5, 5.41) is 6.04. The monoisotopic (exact) mass is 268 g/mol. The second-order valence-corrected chi connectivity index (χ2v) is 4.47. The minimum atomic E-state index is 0.0583. The number of rotatable bonds is 7. The van der Waals surface area contributed by atoms with Gasteiger partial charge in [0.15, 0.2) is 5.78 Å². The van der Waals surface area contributed by atoms with Crippen LogP contribution in [-0.2, 0) is 6.54 Å². The van der Waals surface area contributed by atoms with Crippen molar-refractivity contribution in [3.8, 4) is 0 Å². The molecule has 0 aliphatic heterocycles. The van der Waals surface area contributed by atoms with Crippen molar-refractivity contribution in [2.45, 2.75) is 13.0 Å². The van der Waals surface area contributed by atoms with E-state index in [-0.39, 0.29) is 5.78 Å². The maximum Gasteiger partial charge on any atom is 0.164 e. The van der Waals surface area contributed by atoms with Gasteiger partial charge in [-0.25, -0.2) is 0 Å². The molecule has 2 aromatic carbocycles. The molecule has 0 amide bonds. The smallest absolute Gasteiger partial charge is 0.164 e. The van der Waals surface area contributed by atoms with Crippen LogP contribution in [0, 0.1) is 4.91 Å². The minimum absolute atomic E-state index is 0.0583. The zero-order valence-electron chi connectivity index (χ0n) is 11.1. The minimum Gasteiger partial charge on any atom is -0.312 e. The molecule has 0 aromatic heterocycles. The third-order valence-corrected chi connectivity index (χ3v) is 3.00. The summed E-state index contributed by atoms with van der Waals surface area (Å²) in [5.74, 6) is 0.0583. The number of benzene rings is 2. The predicted octanol–water partition coefficient (Wildman–Crippen LogP) is 3.45. The highest BCUT2D eigenvalue weighted by atomic mass is 16.3. The Morgan fingerprint density at radius 2 is 1.70 bits per heavy atom. The highest BCUT2D eigenvalue weighted by Crippen LogP contribution is 2.13. The number of hydrogen-bond donors (Lipinski definition) is 1. The molecule has 0 heterocycles. The third kappa shape index (κ3) is 4.10. The lowest BCUT2D eigenvalue weighted by atomic mass is 10.1. The van der Waals surface area contributed by atoms with Gasteiger partial charge in [0.1, 0.15) is 5.69 Å². The summed E-state index contributed by atoms with van der Waals surface area (Å²) in [6, 6.07) is 16.4. The van der Waals surface area contributed by atoms with Gasteiger partial charge < -0.3 is 5.32 Å². The van der Waals surface area contributed by atoms with E-state index in [0.717, 1.165) is 6.54 Å². The molecule has 2 rings (SSSR count). The van der Waals surface area contributed by atoms with Crippen LogP contribution in [0.4, 0.5) is 5.69 Å². The fourth-order valence-corrected chi connectivity index (χ4v) is 1.88. The second kappa shape index (κ2) is 7.31. The Bertz CT molecular complexity index is 565. The Morgan fingerprint density at radius 1 is 1.00 bits per heavy atom. The van der Waals surface area contributed by atoms with Gasteiger partial charge in [-0.05, 0) is 35.0 Å². The van der Waals surface area contributed by atoms with Crippen molar-refractivity contribution in [3.63, 3.8) is 0 Å². The van der Waals surface area contributed by atoms with Gasteiger partial charge in [-0.1, -0.05) is 30.3 Å². The average molecular weight is 268 g/mol. The van der Waals surface area contributed by atoms with Gasteiger partial charge in [0.2, 0.25) is 0 Å². The molecule has 102 valence electrons.